The molecule has 0 radical (unpaired) electrons. The van der Waals surface area contributed by atoms with Gasteiger partial charge in [0.2, 0.25) is 5.91 Å². The molecule has 0 unspecified atom stereocenters. The lowest BCUT2D eigenvalue weighted by Crippen LogP contribution is -2.70. The van der Waals surface area contributed by atoms with Crippen molar-refractivity contribution < 1.29 is 33.1 Å². The fraction of sp³-hybridized carbons (Fsp3) is 0.167. The number of thioether (sulfide) groups is 2. The van der Waals surface area contributed by atoms with Crippen molar-refractivity contribution in [2.75, 3.05) is 23.9 Å². The largest absolute Gasteiger partial charge is 0.497 e. The topological polar surface area (TPSA) is 144 Å². The molecule has 2 aromatic heterocycles. The summed E-state index contributed by atoms with van der Waals surface area (Å²) in [5.74, 6) is -0.334. The van der Waals surface area contributed by atoms with Gasteiger partial charge in [-0.15, -0.1) is 34.9 Å². The molecule has 4 heterocycles. The Morgan fingerprint density at radius 3 is 2.50 bits per heavy atom. The van der Waals surface area contributed by atoms with E-state index in [1.807, 2.05) is 60.0 Å². The van der Waals surface area contributed by atoms with Crippen LogP contribution in [0, 0.1) is 0 Å². The predicted molar refractivity (Wildman–Crippen MR) is 218 cm³/mol. The average molecular weight is 804 g/mol. The maximum Gasteiger partial charge on any atom is 0.355 e. The first kappa shape index (κ1) is 37.1. The molecule has 1 fully saturated rings. The zero-order chi connectivity index (χ0) is 38.8. The van der Waals surface area contributed by atoms with Gasteiger partial charge in [0.05, 0.1) is 13.5 Å². The van der Waals surface area contributed by atoms with Gasteiger partial charge in [-0.3, -0.25) is 19.3 Å². The second-order valence-corrected chi connectivity index (χ2v) is 16.2. The molecule has 2 aliphatic heterocycles. The van der Waals surface area contributed by atoms with Gasteiger partial charge in [-0.1, -0.05) is 48.5 Å². The fourth-order valence-electron chi connectivity index (χ4n) is 6.55. The summed E-state index contributed by atoms with van der Waals surface area (Å²) >= 11 is 4.42. The molecule has 4 aromatic carbocycles. The van der Waals surface area contributed by atoms with Gasteiger partial charge < -0.3 is 24.5 Å². The van der Waals surface area contributed by atoms with Crippen LogP contribution in [0.3, 0.4) is 0 Å². The normalized spacial score (nSPS) is 16.3. The van der Waals surface area contributed by atoms with Crippen LogP contribution in [0.1, 0.15) is 20.8 Å². The number of benzene rings is 4. The Morgan fingerprint density at radius 1 is 0.929 bits per heavy atom. The Labute approximate surface area is 333 Å². The zero-order valence-electron chi connectivity index (χ0n) is 29.8. The van der Waals surface area contributed by atoms with E-state index in [1.165, 1.54) is 39.8 Å². The van der Waals surface area contributed by atoms with Gasteiger partial charge in [-0.05, 0) is 81.9 Å². The summed E-state index contributed by atoms with van der Waals surface area (Å²) in [6, 6.07) is 30.1. The van der Waals surface area contributed by atoms with Gasteiger partial charge in [0.1, 0.15) is 40.6 Å². The molecule has 6 aromatic rings. The van der Waals surface area contributed by atoms with Crippen LogP contribution in [0.2, 0.25) is 0 Å². The lowest BCUT2D eigenvalue weighted by Gasteiger charge is -2.49. The van der Waals surface area contributed by atoms with Crippen molar-refractivity contribution in [3.63, 3.8) is 0 Å². The van der Waals surface area contributed by atoms with E-state index in [4.69, 9.17) is 13.9 Å². The van der Waals surface area contributed by atoms with Crippen LogP contribution in [-0.4, -0.2) is 58.6 Å². The van der Waals surface area contributed by atoms with Crippen molar-refractivity contribution in [1.82, 2.24) is 10.2 Å². The molecular formula is C42H33N3O8S3. The van der Waals surface area contributed by atoms with Crippen molar-refractivity contribution in [2.45, 2.75) is 29.3 Å². The van der Waals surface area contributed by atoms with E-state index in [0.717, 1.165) is 31.7 Å². The number of carbonyl (C=O) groups is 4. The second kappa shape index (κ2) is 16.1. The van der Waals surface area contributed by atoms with E-state index < -0.39 is 28.9 Å². The molecule has 11 nitrogen and oxygen atoms in total. The van der Waals surface area contributed by atoms with E-state index in [-0.39, 0.29) is 36.1 Å². The molecule has 1 saturated heterocycles. The summed E-state index contributed by atoms with van der Waals surface area (Å²) < 4.78 is 16.5. The van der Waals surface area contributed by atoms with Crippen molar-refractivity contribution in [1.29, 1.82) is 0 Å². The third-order valence-electron chi connectivity index (χ3n) is 9.41. The van der Waals surface area contributed by atoms with Gasteiger partial charge in [0.15, 0.2) is 0 Å². The number of nitrogens with one attached hydrogen (secondary N) is 2. The standard InChI is InChI=1S/C42H33N3O8S3/c1-51-28-13-8-24(9-14-28)21-52-42(50)37-26(23-56-40-36(39(48)45(37)40)44-35(46)19-30-6-4-18-54-30)22-55-29-15-11-27(12-16-29)43-38(47)33-20-32-31-7-3-2-5-25(31)10-17-34(32)53-41(33)49/h2-18,20,36,40H,19,21-23H2,1H3,(H,43,47)(H,44,46)/t36-,40-/m1/s1. The maximum absolute atomic E-state index is 13.7. The Balaban J connectivity index is 0.963. The van der Waals surface area contributed by atoms with Gasteiger partial charge in [0, 0.05) is 32.4 Å². The number of thiophene rings is 1. The first-order valence-electron chi connectivity index (χ1n) is 17.5. The Bertz CT molecular complexity index is 2570. The van der Waals surface area contributed by atoms with Gasteiger partial charge in [-0.2, -0.15) is 0 Å². The number of amides is 3. The third kappa shape index (κ3) is 7.68. The molecule has 2 N–H and O–H groups in total. The highest BCUT2D eigenvalue weighted by Gasteiger charge is 2.54. The first-order chi connectivity index (χ1) is 27.2. The minimum Gasteiger partial charge on any atom is -0.497 e. The van der Waals surface area contributed by atoms with Crippen LogP contribution in [0.25, 0.3) is 21.7 Å². The van der Waals surface area contributed by atoms with Crippen molar-refractivity contribution >= 4 is 86.0 Å². The molecule has 0 saturated carbocycles. The van der Waals surface area contributed by atoms with Gasteiger partial charge >= 0.3 is 11.6 Å². The van der Waals surface area contributed by atoms with Crippen molar-refractivity contribution in [3.8, 4) is 5.75 Å². The van der Waals surface area contributed by atoms with E-state index in [0.29, 0.717) is 33.9 Å². The molecule has 0 bridgehead atoms. The highest BCUT2D eigenvalue weighted by molar-refractivity contribution is 8.01. The number of fused-ring (bicyclic) bond motifs is 4. The van der Waals surface area contributed by atoms with E-state index in [9.17, 15) is 24.0 Å². The van der Waals surface area contributed by atoms with Crippen LogP contribution >= 0.6 is 34.9 Å². The van der Waals surface area contributed by atoms with Crippen molar-refractivity contribution in [2.24, 2.45) is 0 Å². The number of esters is 1. The molecule has 14 heteroatoms. The minimum atomic E-state index is -0.755. The summed E-state index contributed by atoms with van der Waals surface area (Å²) in [6.45, 7) is -0.00151. The molecule has 0 spiro atoms. The Hall–Kier alpha value is -5.83. The molecule has 0 aliphatic carbocycles. The lowest BCUT2D eigenvalue weighted by molar-refractivity contribution is -0.153. The van der Waals surface area contributed by atoms with Crippen LogP contribution in [0.15, 0.2) is 134 Å². The number of β-lactam (4-membered cyclic amide) rings is 1. The van der Waals surface area contributed by atoms with Crippen LogP contribution in [-0.2, 0) is 32.1 Å². The lowest BCUT2D eigenvalue weighted by atomic mass is 10.0. The number of nitrogens with zero attached hydrogens (tertiary/aromatic N) is 1. The van der Waals surface area contributed by atoms with E-state index >= 15 is 0 Å². The number of rotatable bonds is 12. The number of ether oxygens (including phenoxy) is 2. The number of hydrogen-bond donors (Lipinski definition) is 2. The summed E-state index contributed by atoms with van der Waals surface area (Å²) in [5, 5.41) is 9.60. The Morgan fingerprint density at radius 2 is 1.73 bits per heavy atom. The smallest absolute Gasteiger partial charge is 0.355 e. The average Bonchev–Trinajstić information content (AvgIpc) is 3.74. The number of hydrogen-bond acceptors (Lipinski definition) is 11. The number of methoxy groups -OCH3 is 1. The molecule has 56 heavy (non-hydrogen) atoms. The molecule has 282 valence electrons. The highest BCUT2D eigenvalue weighted by Crippen LogP contribution is 2.42. The quantitative estimate of drug-likeness (QED) is 0.0437. The SMILES string of the molecule is COc1ccc(COC(=O)C2=C(CSc3ccc(NC(=O)c4cc5c(ccc6ccccc65)oc4=O)cc3)CS[C@@H]3[C@H](NC(=O)Cc4cccs4)C(=O)N23)cc1. The molecular weight excluding hydrogens is 771 g/mol. The second-order valence-electron chi connectivity index (χ2n) is 13.0. The monoisotopic (exact) mass is 803 g/mol. The minimum absolute atomic E-state index is 0.00151. The molecule has 2 aliphatic rings. The van der Waals surface area contributed by atoms with Crippen LogP contribution in [0.5, 0.6) is 5.75 Å². The highest BCUT2D eigenvalue weighted by atomic mass is 32.2. The molecule has 2 atom stereocenters. The van der Waals surface area contributed by atoms with Gasteiger partial charge in [-0.25, -0.2) is 9.59 Å². The number of anilines is 1. The van der Waals surface area contributed by atoms with Crippen LogP contribution < -0.4 is 21.0 Å². The van der Waals surface area contributed by atoms with E-state index in [1.54, 1.807) is 55.6 Å². The predicted octanol–water partition coefficient (Wildman–Crippen LogP) is 7.00. The first-order valence-corrected chi connectivity index (χ1v) is 20.5. The fourth-order valence-corrected chi connectivity index (χ4v) is 9.64. The summed E-state index contributed by atoms with van der Waals surface area (Å²) in [4.78, 5) is 69.3. The van der Waals surface area contributed by atoms with E-state index in [2.05, 4.69) is 10.6 Å². The summed E-state index contributed by atoms with van der Waals surface area (Å²) in [5.41, 5.74) is 1.71. The van der Waals surface area contributed by atoms with Crippen molar-refractivity contribution in [3.05, 3.63) is 146 Å². The number of carbonyl (C=O) groups excluding carboxylic acids is 4. The third-order valence-corrected chi connectivity index (χ3v) is 12.7. The molecule has 3 amide bonds. The Kier molecular flexibility index (Phi) is 10.7. The molecule has 8 rings (SSSR count). The summed E-state index contributed by atoms with van der Waals surface area (Å²) in [7, 11) is 1.57. The summed E-state index contributed by atoms with van der Waals surface area (Å²) in [6.07, 6.45) is 0.173. The van der Waals surface area contributed by atoms with Gasteiger partial charge in [0.25, 0.3) is 11.8 Å². The zero-order valence-corrected chi connectivity index (χ0v) is 32.3. The maximum atomic E-state index is 13.7. The van der Waals surface area contributed by atoms with Crippen LogP contribution in [0.4, 0.5) is 5.69 Å².